The number of hydrogen-bond donors (Lipinski definition) is 1. The highest BCUT2D eigenvalue weighted by atomic mass is 16.5. The number of nitrogens with one attached hydrogen (secondary N) is 1. The Morgan fingerprint density at radius 2 is 1.55 bits per heavy atom. The number of carbonyl (C=O) groups excluding carboxylic acids is 1. The number of para-hydroxylation sites is 1. The fourth-order valence-electron chi connectivity index (χ4n) is 3.70. The molecule has 1 atom stereocenters. The van der Waals surface area contributed by atoms with Crippen LogP contribution in [0.15, 0.2) is 66.7 Å². The van der Waals surface area contributed by atoms with Crippen molar-refractivity contribution in [1.29, 1.82) is 0 Å². The van der Waals surface area contributed by atoms with Crippen molar-refractivity contribution in [3.05, 3.63) is 83.4 Å². The van der Waals surface area contributed by atoms with Crippen LogP contribution in [-0.2, 0) is 11.4 Å². The topological polar surface area (TPSA) is 56.8 Å². The fraction of sp³-hybridized carbons (Fsp3) is 0.208. The van der Waals surface area contributed by atoms with E-state index in [9.17, 15) is 4.79 Å². The number of methoxy groups -OCH3 is 2. The lowest BCUT2D eigenvalue weighted by atomic mass is 9.84. The van der Waals surface area contributed by atoms with Crippen LogP contribution in [0.25, 0.3) is 0 Å². The van der Waals surface area contributed by atoms with Gasteiger partial charge in [0, 0.05) is 29.7 Å². The lowest BCUT2D eigenvalue weighted by Gasteiger charge is -2.28. The first-order valence-corrected chi connectivity index (χ1v) is 9.51. The quantitative estimate of drug-likeness (QED) is 0.661. The Hall–Kier alpha value is -3.47. The van der Waals surface area contributed by atoms with E-state index in [1.54, 1.807) is 14.2 Å². The van der Waals surface area contributed by atoms with Gasteiger partial charge in [-0.25, -0.2) is 0 Å². The van der Waals surface area contributed by atoms with Gasteiger partial charge < -0.3 is 19.5 Å². The monoisotopic (exact) mass is 389 g/mol. The molecule has 0 aromatic heterocycles. The van der Waals surface area contributed by atoms with Crippen LogP contribution in [-0.4, -0.2) is 20.1 Å². The molecular formula is C24H23NO4. The van der Waals surface area contributed by atoms with Crippen LogP contribution in [0.2, 0.25) is 0 Å². The van der Waals surface area contributed by atoms with Gasteiger partial charge in [0.2, 0.25) is 5.91 Å². The predicted octanol–water partition coefficient (Wildman–Crippen LogP) is 4.76. The van der Waals surface area contributed by atoms with Crippen LogP contribution in [0.3, 0.4) is 0 Å². The molecule has 1 amide bonds. The van der Waals surface area contributed by atoms with Crippen molar-refractivity contribution in [1.82, 2.24) is 0 Å². The molecule has 0 unspecified atom stereocenters. The molecule has 0 fully saturated rings. The first kappa shape index (κ1) is 18.9. The summed E-state index contributed by atoms with van der Waals surface area (Å²) in [5.41, 5.74) is 3.79. The number of benzene rings is 3. The van der Waals surface area contributed by atoms with Gasteiger partial charge in [-0.1, -0.05) is 48.5 Å². The molecule has 3 aromatic rings. The maximum Gasteiger partial charge on any atom is 0.225 e. The normalized spacial score (nSPS) is 15.2. The van der Waals surface area contributed by atoms with E-state index in [-0.39, 0.29) is 11.8 Å². The van der Waals surface area contributed by atoms with Gasteiger partial charge in [0.25, 0.3) is 0 Å². The van der Waals surface area contributed by atoms with Crippen molar-refractivity contribution >= 4 is 11.6 Å². The van der Waals surface area contributed by atoms with Crippen molar-refractivity contribution in [2.24, 2.45) is 0 Å². The number of rotatable bonds is 6. The average Bonchev–Trinajstić information content (AvgIpc) is 2.77. The molecule has 1 heterocycles. The molecule has 1 aliphatic heterocycles. The lowest BCUT2D eigenvalue weighted by molar-refractivity contribution is -0.116. The second kappa shape index (κ2) is 8.27. The van der Waals surface area contributed by atoms with Gasteiger partial charge in [-0.2, -0.15) is 0 Å². The zero-order valence-corrected chi connectivity index (χ0v) is 16.5. The van der Waals surface area contributed by atoms with Gasteiger partial charge in [0.15, 0.2) is 11.5 Å². The van der Waals surface area contributed by atoms with Crippen molar-refractivity contribution < 1.29 is 19.0 Å². The zero-order valence-electron chi connectivity index (χ0n) is 16.5. The molecule has 0 radical (unpaired) electrons. The zero-order chi connectivity index (χ0) is 20.2. The Morgan fingerprint density at radius 1 is 0.862 bits per heavy atom. The van der Waals surface area contributed by atoms with Gasteiger partial charge in [-0.05, 0) is 23.3 Å². The van der Waals surface area contributed by atoms with Gasteiger partial charge in [-0.15, -0.1) is 0 Å². The van der Waals surface area contributed by atoms with E-state index in [0.29, 0.717) is 24.5 Å². The van der Waals surface area contributed by atoms with E-state index in [1.807, 2.05) is 66.7 Å². The smallest absolute Gasteiger partial charge is 0.225 e. The lowest BCUT2D eigenvalue weighted by Crippen LogP contribution is -2.24. The summed E-state index contributed by atoms with van der Waals surface area (Å²) in [5.74, 6) is 1.82. The Bertz CT molecular complexity index is 1020. The number of ether oxygens (including phenoxy) is 3. The molecule has 5 heteroatoms. The summed E-state index contributed by atoms with van der Waals surface area (Å²) in [6.45, 7) is 0.468. The second-order valence-corrected chi connectivity index (χ2v) is 6.91. The third-order valence-electron chi connectivity index (χ3n) is 5.13. The Labute approximate surface area is 170 Å². The fourth-order valence-corrected chi connectivity index (χ4v) is 3.70. The first-order valence-electron chi connectivity index (χ1n) is 9.51. The molecular weight excluding hydrogens is 366 g/mol. The molecule has 0 bridgehead atoms. The van der Waals surface area contributed by atoms with E-state index in [1.165, 1.54) is 0 Å². The maximum atomic E-state index is 12.4. The standard InChI is InChI=1S/C24H23NO4/c1-27-22-12-19-18(13-24(26)25-20(19)14-23(22)28-2)17-10-6-7-11-21(17)29-15-16-8-4-3-5-9-16/h3-12,14,18H,13,15H2,1-2H3,(H,25,26)/t18-/m0/s1. The Kier molecular flexibility index (Phi) is 5.38. The van der Waals surface area contributed by atoms with Crippen LogP contribution in [0.5, 0.6) is 17.2 Å². The number of carbonyl (C=O) groups is 1. The molecule has 1 aliphatic rings. The van der Waals surface area contributed by atoms with Crippen LogP contribution in [0.4, 0.5) is 5.69 Å². The molecule has 0 saturated heterocycles. The Balaban J connectivity index is 1.71. The summed E-state index contributed by atoms with van der Waals surface area (Å²) in [4.78, 5) is 12.4. The van der Waals surface area contributed by atoms with Crippen molar-refractivity contribution in [2.45, 2.75) is 18.9 Å². The summed E-state index contributed by atoms with van der Waals surface area (Å²) in [6.07, 6.45) is 0.341. The van der Waals surface area contributed by atoms with Gasteiger partial charge >= 0.3 is 0 Å². The minimum atomic E-state index is -0.134. The summed E-state index contributed by atoms with van der Waals surface area (Å²) in [7, 11) is 3.19. The number of fused-ring (bicyclic) bond motifs is 1. The third kappa shape index (κ3) is 3.90. The average molecular weight is 389 g/mol. The Morgan fingerprint density at radius 3 is 2.31 bits per heavy atom. The molecule has 0 spiro atoms. The highest BCUT2D eigenvalue weighted by molar-refractivity contribution is 5.96. The predicted molar refractivity (Wildman–Crippen MR) is 112 cm³/mol. The van der Waals surface area contributed by atoms with Crippen molar-refractivity contribution in [2.75, 3.05) is 19.5 Å². The molecule has 148 valence electrons. The van der Waals surface area contributed by atoms with Crippen LogP contribution in [0.1, 0.15) is 29.0 Å². The summed E-state index contributed by atoms with van der Waals surface area (Å²) in [5, 5.41) is 2.95. The molecule has 4 rings (SSSR count). The van der Waals surface area contributed by atoms with Crippen molar-refractivity contribution in [3.63, 3.8) is 0 Å². The van der Waals surface area contributed by atoms with Gasteiger partial charge in [0.1, 0.15) is 12.4 Å². The summed E-state index contributed by atoms with van der Waals surface area (Å²) in [6, 6.07) is 21.7. The summed E-state index contributed by atoms with van der Waals surface area (Å²) >= 11 is 0. The largest absolute Gasteiger partial charge is 0.493 e. The van der Waals surface area contributed by atoms with Crippen LogP contribution in [0, 0.1) is 0 Å². The van der Waals surface area contributed by atoms with E-state index in [0.717, 1.165) is 28.1 Å². The minimum Gasteiger partial charge on any atom is -0.493 e. The molecule has 0 aliphatic carbocycles. The second-order valence-electron chi connectivity index (χ2n) is 6.91. The highest BCUT2D eigenvalue weighted by Crippen LogP contribution is 2.45. The van der Waals surface area contributed by atoms with E-state index in [4.69, 9.17) is 14.2 Å². The summed E-state index contributed by atoms with van der Waals surface area (Å²) < 4.78 is 17.0. The van der Waals surface area contributed by atoms with Crippen LogP contribution < -0.4 is 19.5 Å². The van der Waals surface area contributed by atoms with Crippen LogP contribution >= 0.6 is 0 Å². The van der Waals surface area contributed by atoms with Gasteiger partial charge in [-0.3, -0.25) is 4.79 Å². The van der Waals surface area contributed by atoms with Crippen molar-refractivity contribution in [3.8, 4) is 17.2 Å². The first-order chi connectivity index (χ1) is 14.2. The minimum absolute atomic E-state index is 0.0346. The SMILES string of the molecule is COc1cc2c(cc1OC)[C@H](c1ccccc1OCc1ccccc1)CC(=O)N2. The van der Waals surface area contributed by atoms with E-state index >= 15 is 0 Å². The molecule has 0 saturated carbocycles. The molecule has 3 aromatic carbocycles. The molecule has 29 heavy (non-hydrogen) atoms. The van der Waals surface area contributed by atoms with E-state index < -0.39 is 0 Å². The number of anilines is 1. The molecule has 5 nitrogen and oxygen atoms in total. The third-order valence-corrected chi connectivity index (χ3v) is 5.13. The molecule has 1 N–H and O–H groups in total. The maximum absolute atomic E-state index is 12.4. The highest BCUT2D eigenvalue weighted by Gasteiger charge is 2.30. The van der Waals surface area contributed by atoms with Gasteiger partial charge in [0.05, 0.1) is 14.2 Å². The van der Waals surface area contributed by atoms with E-state index in [2.05, 4.69) is 5.32 Å². The number of amides is 1. The number of hydrogen-bond acceptors (Lipinski definition) is 4.